The maximum atomic E-state index is 5.29. The second-order valence-corrected chi connectivity index (χ2v) is 9.65. The molecule has 0 N–H and O–H groups in total. The molecule has 76 valence electrons. The van der Waals surface area contributed by atoms with Crippen molar-refractivity contribution in [1.29, 1.82) is 0 Å². The maximum Gasteiger partial charge on any atom is 0.156 e. The first kappa shape index (κ1) is 9.93. The molecule has 3 nitrogen and oxygen atoms in total. The lowest BCUT2D eigenvalue weighted by Gasteiger charge is -2.15. The van der Waals surface area contributed by atoms with Gasteiger partial charge in [-0.2, -0.15) is 5.10 Å². The van der Waals surface area contributed by atoms with Gasteiger partial charge in [-0.05, 0) is 11.1 Å². The molecular formula is C11H13N3Si. The molecule has 4 heteroatoms. The summed E-state index contributed by atoms with van der Waals surface area (Å²) in [6.07, 6.45) is 9.26. The van der Waals surface area contributed by atoms with Gasteiger partial charge in [0.25, 0.3) is 0 Å². The average Bonchev–Trinajstić information content (AvgIpc) is 2.57. The fourth-order valence-corrected chi connectivity index (χ4v) is 2.30. The van der Waals surface area contributed by atoms with Crippen molar-refractivity contribution in [3.63, 3.8) is 0 Å². The van der Waals surface area contributed by atoms with Crippen LogP contribution < -0.4 is 5.19 Å². The van der Waals surface area contributed by atoms with Gasteiger partial charge < -0.3 is 0 Å². The van der Waals surface area contributed by atoms with Crippen LogP contribution in [0.5, 0.6) is 0 Å². The van der Waals surface area contributed by atoms with Gasteiger partial charge in [0.05, 0.1) is 8.07 Å². The highest BCUT2D eigenvalue weighted by atomic mass is 28.3. The van der Waals surface area contributed by atoms with E-state index >= 15 is 0 Å². The van der Waals surface area contributed by atoms with Crippen LogP contribution in [0.25, 0.3) is 5.65 Å². The Kier molecular flexibility index (Phi) is 2.13. The third kappa shape index (κ3) is 1.79. The van der Waals surface area contributed by atoms with Crippen LogP contribution in [-0.2, 0) is 0 Å². The molecule has 15 heavy (non-hydrogen) atoms. The monoisotopic (exact) mass is 215 g/mol. The Morgan fingerprint density at radius 2 is 2.13 bits per heavy atom. The SMILES string of the molecule is C#Cc1cc2ncc([Si](C)(C)C)cn2n1. The van der Waals surface area contributed by atoms with E-state index in [1.165, 1.54) is 5.19 Å². The zero-order valence-electron chi connectivity index (χ0n) is 9.15. The molecule has 0 radical (unpaired) electrons. The Bertz CT molecular complexity index is 543. The summed E-state index contributed by atoms with van der Waals surface area (Å²) in [7, 11) is -1.33. The van der Waals surface area contributed by atoms with E-state index in [4.69, 9.17) is 6.42 Å². The van der Waals surface area contributed by atoms with Crippen molar-refractivity contribution in [2.24, 2.45) is 0 Å². The summed E-state index contributed by atoms with van der Waals surface area (Å²) in [4.78, 5) is 4.36. The minimum atomic E-state index is -1.33. The van der Waals surface area contributed by atoms with Gasteiger partial charge in [0.2, 0.25) is 0 Å². The number of terminal acetylenes is 1. The van der Waals surface area contributed by atoms with E-state index in [1.54, 1.807) is 4.52 Å². The molecule has 0 aliphatic rings. The standard InChI is InChI=1S/C11H13N3Si/c1-5-9-6-11-12-7-10(15(2,3)4)8-14(11)13-9/h1,6-8H,2-4H3. The first-order chi connectivity index (χ1) is 7.00. The normalized spacial score (nSPS) is 11.6. The fraction of sp³-hybridized carbons (Fsp3) is 0.273. The van der Waals surface area contributed by atoms with Crippen LogP contribution in [0, 0.1) is 12.3 Å². The minimum absolute atomic E-state index is 0.634. The molecule has 0 aliphatic heterocycles. The van der Waals surface area contributed by atoms with Crippen molar-refractivity contribution >= 4 is 18.9 Å². The second-order valence-electron chi connectivity index (χ2n) is 4.57. The van der Waals surface area contributed by atoms with Crippen LogP contribution in [-0.4, -0.2) is 22.7 Å². The molecule has 0 unspecified atom stereocenters. The number of fused-ring (bicyclic) bond motifs is 1. The lowest BCUT2D eigenvalue weighted by atomic mass is 10.4. The van der Waals surface area contributed by atoms with Crippen LogP contribution in [0.4, 0.5) is 0 Å². The molecule has 2 heterocycles. The Morgan fingerprint density at radius 3 is 2.73 bits per heavy atom. The molecule has 0 amide bonds. The Balaban J connectivity index is 2.62. The topological polar surface area (TPSA) is 30.2 Å². The Labute approximate surface area is 90.2 Å². The maximum absolute atomic E-state index is 5.29. The largest absolute Gasteiger partial charge is 0.237 e. The lowest BCUT2D eigenvalue weighted by molar-refractivity contribution is 0.937. The molecule has 0 aromatic carbocycles. The number of hydrogen-bond donors (Lipinski definition) is 0. The average molecular weight is 215 g/mol. The van der Waals surface area contributed by atoms with Crippen molar-refractivity contribution < 1.29 is 0 Å². The van der Waals surface area contributed by atoms with Gasteiger partial charge in [-0.3, -0.25) is 0 Å². The van der Waals surface area contributed by atoms with E-state index in [2.05, 4.69) is 35.6 Å². The third-order valence-electron chi connectivity index (χ3n) is 2.33. The molecule has 0 aliphatic carbocycles. The highest BCUT2D eigenvalue weighted by molar-refractivity contribution is 6.88. The molecule has 2 aromatic heterocycles. The van der Waals surface area contributed by atoms with Crippen LogP contribution in [0.3, 0.4) is 0 Å². The van der Waals surface area contributed by atoms with Crippen LogP contribution in [0.1, 0.15) is 5.69 Å². The highest BCUT2D eigenvalue weighted by Gasteiger charge is 2.17. The number of hydrogen-bond acceptors (Lipinski definition) is 2. The predicted octanol–water partition coefficient (Wildman–Crippen LogP) is 1.26. The summed E-state index contributed by atoms with van der Waals surface area (Å²) in [6, 6.07) is 1.81. The first-order valence-electron chi connectivity index (χ1n) is 4.83. The van der Waals surface area contributed by atoms with Crippen molar-refractivity contribution in [2.75, 3.05) is 0 Å². The Morgan fingerprint density at radius 1 is 1.40 bits per heavy atom. The van der Waals surface area contributed by atoms with Crippen molar-refractivity contribution in [3.8, 4) is 12.3 Å². The molecule has 0 fully saturated rings. The van der Waals surface area contributed by atoms with Gasteiger partial charge in [0.15, 0.2) is 5.65 Å². The van der Waals surface area contributed by atoms with Crippen LogP contribution in [0.2, 0.25) is 19.6 Å². The van der Waals surface area contributed by atoms with Gasteiger partial charge in [-0.25, -0.2) is 9.50 Å². The molecule has 0 saturated heterocycles. The summed E-state index contributed by atoms with van der Waals surface area (Å²) in [6.45, 7) is 6.84. The van der Waals surface area contributed by atoms with E-state index in [0.29, 0.717) is 5.69 Å². The van der Waals surface area contributed by atoms with Crippen molar-refractivity contribution in [2.45, 2.75) is 19.6 Å². The Hall–Kier alpha value is -1.60. The zero-order valence-corrected chi connectivity index (χ0v) is 10.2. The molecule has 0 spiro atoms. The van der Waals surface area contributed by atoms with Gasteiger partial charge >= 0.3 is 0 Å². The van der Waals surface area contributed by atoms with E-state index in [9.17, 15) is 0 Å². The molecule has 0 saturated carbocycles. The second kappa shape index (κ2) is 3.21. The molecule has 0 atom stereocenters. The summed E-state index contributed by atoms with van der Waals surface area (Å²) in [5.41, 5.74) is 1.44. The van der Waals surface area contributed by atoms with E-state index < -0.39 is 8.07 Å². The quantitative estimate of drug-likeness (QED) is 0.529. The number of nitrogens with zero attached hydrogens (tertiary/aromatic N) is 3. The molecule has 0 bridgehead atoms. The first-order valence-corrected chi connectivity index (χ1v) is 8.33. The summed E-state index contributed by atoms with van der Waals surface area (Å²) >= 11 is 0. The lowest BCUT2D eigenvalue weighted by Crippen LogP contribution is -2.38. The molecular weight excluding hydrogens is 202 g/mol. The summed E-state index contributed by atoms with van der Waals surface area (Å²) in [5.74, 6) is 2.51. The zero-order chi connectivity index (χ0) is 11.1. The molecule has 2 aromatic rings. The minimum Gasteiger partial charge on any atom is -0.237 e. The number of aromatic nitrogens is 3. The van der Waals surface area contributed by atoms with Crippen molar-refractivity contribution in [1.82, 2.24) is 14.6 Å². The van der Waals surface area contributed by atoms with Gasteiger partial charge in [-0.1, -0.05) is 19.6 Å². The van der Waals surface area contributed by atoms with E-state index in [0.717, 1.165) is 5.65 Å². The smallest absolute Gasteiger partial charge is 0.156 e. The summed E-state index contributed by atoms with van der Waals surface area (Å²) < 4.78 is 1.77. The summed E-state index contributed by atoms with van der Waals surface area (Å²) in [5, 5.41) is 5.52. The molecule has 2 rings (SSSR count). The fourth-order valence-electron chi connectivity index (χ4n) is 1.33. The predicted molar refractivity (Wildman–Crippen MR) is 63.9 cm³/mol. The van der Waals surface area contributed by atoms with Gasteiger partial charge in [-0.15, -0.1) is 6.42 Å². The highest BCUT2D eigenvalue weighted by Crippen LogP contribution is 2.04. The van der Waals surface area contributed by atoms with E-state index in [-0.39, 0.29) is 0 Å². The van der Waals surface area contributed by atoms with Gasteiger partial charge in [0, 0.05) is 18.5 Å². The van der Waals surface area contributed by atoms with Crippen molar-refractivity contribution in [3.05, 3.63) is 24.2 Å². The third-order valence-corrected chi connectivity index (χ3v) is 4.32. The van der Waals surface area contributed by atoms with Gasteiger partial charge in [0.1, 0.15) is 5.69 Å². The number of rotatable bonds is 1. The van der Waals surface area contributed by atoms with E-state index in [1.807, 2.05) is 18.5 Å². The van der Waals surface area contributed by atoms with Crippen LogP contribution >= 0.6 is 0 Å². The van der Waals surface area contributed by atoms with Crippen LogP contribution in [0.15, 0.2) is 18.5 Å².